The quantitative estimate of drug-likeness (QED) is 0.835. The third-order valence-corrected chi connectivity index (χ3v) is 2.89. The molecule has 84 valence electrons. The average Bonchev–Trinajstić information content (AvgIpc) is 2.59. The molecule has 5 heteroatoms. The first-order chi connectivity index (χ1) is 7.00. The third-order valence-electron chi connectivity index (χ3n) is 2.07. The van der Waals surface area contributed by atoms with E-state index in [1.54, 1.807) is 30.3 Å². The molecule has 1 aromatic rings. The van der Waals surface area contributed by atoms with Crippen LogP contribution < -0.4 is 5.32 Å². The van der Waals surface area contributed by atoms with E-state index in [0.29, 0.717) is 6.54 Å². The Hall–Kier alpha value is -0.940. The topological polar surface area (TPSA) is 45.2 Å². The highest BCUT2D eigenvalue weighted by atomic mass is 32.1. The van der Waals surface area contributed by atoms with E-state index in [4.69, 9.17) is 0 Å². The Morgan fingerprint density at radius 1 is 1.67 bits per heavy atom. The minimum Gasteiger partial charge on any atom is -0.347 e. The summed E-state index contributed by atoms with van der Waals surface area (Å²) in [4.78, 5) is 17.4. The minimum absolute atomic E-state index is 0.0851. The summed E-state index contributed by atoms with van der Waals surface area (Å²) < 4.78 is 0. The monoisotopic (exact) mass is 227 g/mol. The van der Waals surface area contributed by atoms with Gasteiger partial charge in [0.2, 0.25) is 5.91 Å². The highest BCUT2D eigenvalue weighted by Gasteiger charge is 2.13. The fraction of sp³-hybridized carbons (Fsp3) is 0.600. The van der Waals surface area contributed by atoms with Crippen LogP contribution in [0.4, 0.5) is 0 Å². The fourth-order valence-electron chi connectivity index (χ4n) is 1.22. The molecule has 1 amide bonds. The number of likely N-dealkylation sites (N-methyl/N-ethyl adjacent to an activating group) is 1. The van der Waals surface area contributed by atoms with Gasteiger partial charge in [-0.25, -0.2) is 4.98 Å². The SMILES string of the molecule is Cc1nc(CN[C@H](C)C(=O)N(C)C)cs1. The first-order valence-corrected chi connectivity index (χ1v) is 5.74. The molecule has 0 unspecified atom stereocenters. The summed E-state index contributed by atoms with van der Waals surface area (Å²) in [7, 11) is 3.51. The van der Waals surface area contributed by atoms with Gasteiger partial charge in [0.15, 0.2) is 0 Å². The highest BCUT2D eigenvalue weighted by molar-refractivity contribution is 7.09. The first kappa shape index (κ1) is 12.1. The number of carbonyl (C=O) groups excluding carboxylic acids is 1. The molecule has 0 radical (unpaired) electrons. The Morgan fingerprint density at radius 2 is 2.33 bits per heavy atom. The van der Waals surface area contributed by atoms with Gasteiger partial charge in [-0.1, -0.05) is 0 Å². The zero-order chi connectivity index (χ0) is 11.4. The predicted molar refractivity (Wildman–Crippen MR) is 61.8 cm³/mol. The van der Waals surface area contributed by atoms with Crippen molar-refractivity contribution in [1.29, 1.82) is 0 Å². The number of nitrogens with one attached hydrogen (secondary N) is 1. The number of carbonyl (C=O) groups is 1. The summed E-state index contributed by atoms with van der Waals surface area (Å²) in [5, 5.41) is 6.21. The van der Waals surface area contributed by atoms with Crippen molar-refractivity contribution in [3.63, 3.8) is 0 Å². The molecule has 1 aromatic heterocycles. The van der Waals surface area contributed by atoms with Gasteiger partial charge in [0.05, 0.1) is 16.7 Å². The van der Waals surface area contributed by atoms with Crippen molar-refractivity contribution >= 4 is 17.2 Å². The van der Waals surface area contributed by atoms with E-state index < -0.39 is 0 Å². The normalized spacial score (nSPS) is 12.5. The van der Waals surface area contributed by atoms with E-state index in [2.05, 4.69) is 10.3 Å². The molecule has 0 bridgehead atoms. The zero-order valence-electron chi connectivity index (χ0n) is 9.57. The maximum Gasteiger partial charge on any atom is 0.238 e. The summed E-state index contributed by atoms with van der Waals surface area (Å²) in [6.07, 6.45) is 0. The van der Waals surface area contributed by atoms with Crippen molar-refractivity contribution in [2.75, 3.05) is 14.1 Å². The Kier molecular flexibility index (Phi) is 4.23. The lowest BCUT2D eigenvalue weighted by Gasteiger charge is -2.17. The Balaban J connectivity index is 2.40. The molecule has 0 saturated heterocycles. The third kappa shape index (κ3) is 3.60. The molecule has 1 atom stereocenters. The van der Waals surface area contributed by atoms with Gasteiger partial charge in [-0.05, 0) is 13.8 Å². The largest absolute Gasteiger partial charge is 0.347 e. The van der Waals surface area contributed by atoms with Gasteiger partial charge in [-0.15, -0.1) is 11.3 Å². The van der Waals surface area contributed by atoms with E-state index in [-0.39, 0.29) is 11.9 Å². The molecule has 0 aliphatic carbocycles. The van der Waals surface area contributed by atoms with Crippen molar-refractivity contribution in [2.24, 2.45) is 0 Å². The zero-order valence-corrected chi connectivity index (χ0v) is 10.4. The van der Waals surface area contributed by atoms with E-state index in [1.165, 1.54) is 0 Å². The van der Waals surface area contributed by atoms with Crippen molar-refractivity contribution in [3.8, 4) is 0 Å². The molecule has 0 aliphatic rings. The number of hydrogen-bond donors (Lipinski definition) is 1. The lowest BCUT2D eigenvalue weighted by Crippen LogP contribution is -2.41. The molecule has 1 N–H and O–H groups in total. The van der Waals surface area contributed by atoms with Gasteiger partial charge in [0.25, 0.3) is 0 Å². The van der Waals surface area contributed by atoms with Crippen LogP contribution in [0.3, 0.4) is 0 Å². The summed E-state index contributed by atoms with van der Waals surface area (Å²) in [6.45, 7) is 4.48. The fourth-order valence-corrected chi connectivity index (χ4v) is 1.83. The molecule has 1 heterocycles. The van der Waals surface area contributed by atoms with Crippen LogP contribution in [0, 0.1) is 6.92 Å². The van der Waals surface area contributed by atoms with Crippen LogP contribution in [0.25, 0.3) is 0 Å². The molecular formula is C10H17N3OS. The Morgan fingerprint density at radius 3 is 2.80 bits per heavy atom. The maximum absolute atomic E-state index is 11.5. The smallest absolute Gasteiger partial charge is 0.238 e. The van der Waals surface area contributed by atoms with Crippen LogP contribution in [0.2, 0.25) is 0 Å². The van der Waals surface area contributed by atoms with Crippen molar-refractivity contribution in [1.82, 2.24) is 15.2 Å². The van der Waals surface area contributed by atoms with E-state index in [1.807, 2.05) is 19.2 Å². The van der Waals surface area contributed by atoms with Crippen LogP contribution in [-0.2, 0) is 11.3 Å². The van der Waals surface area contributed by atoms with E-state index in [0.717, 1.165) is 10.7 Å². The molecule has 0 saturated carbocycles. The molecule has 0 spiro atoms. The summed E-state index contributed by atoms with van der Waals surface area (Å²) >= 11 is 1.62. The molecule has 4 nitrogen and oxygen atoms in total. The van der Waals surface area contributed by atoms with E-state index >= 15 is 0 Å². The second kappa shape index (κ2) is 5.23. The summed E-state index contributed by atoms with van der Waals surface area (Å²) in [5.41, 5.74) is 0.996. The van der Waals surface area contributed by atoms with Gasteiger partial charge in [-0.3, -0.25) is 4.79 Å². The molecule has 0 fully saturated rings. The van der Waals surface area contributed by atoms with Crippen LogP contribution >= 0.6 is 11.3 Å². The second-order valence-corrected chi connectivity index (χ2v) is 4.76. The van der Waals surface area contributed by atoms with Gasteiger partial charge < -0.3 is 10.2 Å². The van der Waals surface area contributed by atoms with Crippen LogP contribution in [0.5, 0.6) is 0 Å². The molecule has 0 aliphatic heterocycles. The number of amides is 1. The number of nitrogens with zero attached hydrogens (tertiary/aromatic N) is 2. The number of aromatic nitrogens is 1. The van der Waals surface area contributed by atoms with Gasteiger partial charge in [0, 0.05) is 26.0 Å². The predicted octanol–water partition coefficient (Wildman–Crippen LogP) is 1.02. The average molecular weight is 227 g/mol. The van der Waals surface area contributed by atoms with Crippen LogP contribution in [0.1, 0.15) is 17.6 Å². The number of rotatable bonds is 4. The number of hydrogen-bond acceptors (Lipinski definition) is 4. The second-order valence-electron chi connectivity index (χ2n) is 3.69. The van der Waals surface area contributed by atoms with Crippen molar-refractivity contribution in [2.45, 2.75) is 26.4 Å². The Bertz CT molecular complexity index is 335. The minimum atomic E-state index is -0.165. The Labute approximate surface area is 94.3 Å². The van der Waals surface area contributed by atoms with Gasteiger partial charge in [-0.2, -0.15) is 0 Å². The lowest BCUT2D eigenvalue weighted by molar-refractivity contribution is -0.130. The summed E-state index contributed by atoms with van der Waals surface area (Å²) in [6, 6.07) is -0.165. The van der Waals surface area contributed by atoms with Crippen molar-refractivity contribution in [3.05, 3.63) is 16.1 Å². The summed E-state index contributed by atoms with van der Waals surface area (Å²) in [5.74, 6) is 0.0851. The molecule has 1 rings (SSSR count). The standard InChI is InChI=1S/C10H17N3OS/c1-7(10(14)13(3)4)11-5-9-6-15-8(2)12-9/h6-7,11H,5H2,1-4H3/t7-/m1/s1. The van der Waals surface area contributed by atoms with Crippen LogP contribution in [0.15, 0.2) is 5.38 Å². The van der Waals surface area contributed by atoms with Gasteiger partial charge in [0.1, 0.15) is 0 Å². The number of aryl methyl sites for hydroxylation is 1. The lowest BCUT2D eigenvalue weighted by atomic mass is 10.3. The van der Waals surface area contributed by atoms with Crippen molar-refractivity contribution < 1.29 is 4.79 Å². The first-order valence-electron chi connectivity index (χ1n) is 4.86. The van der Waals surface area contributed by atoms with Gasteiger partial charge >= 0.3 is 0 Å². The number of thiazole rings is 1. The maximum atomic E-state index is 11.5. The molecular weight excluding hydrogens is 210 g/mol. The molecule has 15 heavy (non-hydrogen) atoms. The van der Waals surface area contributed by atoms with E-state index in [9.17, 15) is 4.79 Å². The van der Waals surface area contributed by atoms with Crippen LogP contribution in [-0.4, -0.2) is 35.9 Å². The highest BCUT2D eigenvalue weighted by Crippen LogP contribution is 2.07. The molecule has 0 aromatic carbocycles.